The second-order valence-electron chi connectivity index (χ2n) is 5.13. The van der Waals surface area contributed by atoms with E-state index in [9.17, 15) is 0 Å². The Morgan fingerprint density at radius 3 is 2.88 bits per heavy atom. The smallest absolute Gasteiger partial charge is 0.0477 e. The number of nitrogens with two attached hydrogens (primary N) is 1. The van der Waals surface area contributed by atoms with E-state index in [2.05, 4.69) is 36.9 Å². The van der Waals surface area contributed by atoms with Crippen molar-refractivity contribution in [3.05, 3.63) is 34.9 Å². The fourth-order valence-electron chi connectivity index (χ4n) is 2.77. The van der Waals surface area contributed by atoms with Crippen molar-refractivity contribution in [1.29, 1.82) is 0 Å². The summed E-state index contributed by atoms with van der Waals surface area (Å²) in [6, 6.07) is 7.24. The summed E-state index contributed by atoms with van der Waals surface area (Å²) in [7, 11) is 0. The van der Waals surface area contributed by atoms with Gasteiger partial charge in [-0.15, -0.1) is 0 Å². The van der Waals surface area contributed by atoms with Gasteiger partial charge in [-0.1, -0.05) is 43.5 Å². The highest BCUT2D eigenvalue weighted by Crippen LogP contribution is 2.33. The lowest BCUT2D eigenvalue weighted by Crippen LogP contribution is -2.28. The van der Waals surface area contributed by atoms with Gasteiger partial charge >= 0.3 is 0 Å². The van der Waals surface area contributed by atoms with Crippen molar-refractivity contribution in [3.8, 4) is 0 Å². The van der Waals surface area contributed by atoms with Crippen LogP contribution in [0.5, 0.6) is 0 Å². The van der Waals surface area contributed by atoms with Crippen LogP contribution in [0.2, 0.25) is 0 Å². The Morgan fingerprint density at radius 2 is 2.18 bits per heavy atom. The fourth-order valence-corrected chi connectivity index (χ4v) is 2.77. The average molecular weight is 232 g/mol. The molecule has 2 N–H and O–H groups in total. The van der Waals surface area contributed by atoms with Gasteiger partial charge in [-0.2, -0.15) is 0 Å². The molecule has 0 bridgehead atoms. The molecule has 1 aliphatic rings. The van der Waals surface area contributed by atoms with E-state index >= 15 is 0 Å². The SMILES string of the molecule is CCCCCN1Cc2ccc(C)cc2C1CN. The van der Waals surface area contributed by atoms with Gasteiger partial charge in [-0.05, 0) is 31.0 Å². The monoisotopic (exact) mass is 232 g/mol. The lowest BCUT2D eigenvalue weighted by molar-refractivity contribution is 0.215. The molecule has 0 saturated carbocycles. The second kappa shape index (κ2) is 5.65. The molecule has 0 aromatic heterocycles. The summed E-state index contributed by atoms with van der Waals surface area (Å²) in [5, 5.41) is 0. The molecular weight excluding hydrogens is 208 g/mol. The minimum atomic E-state index is 0.446. The zero-order chi connectivity index (χ0) is 12.3. The maximum Gasteiger partial charge on any atom is 0.0477 e. The number of hydrogen-bond donors (Lipinski definition) is 1. The van der Waals surface area contributed by atoms with E-state index in [1.165, 1.54) is 42.5 Å². The molecule has 1 aromatic carbocycles. The molecule has 0 fully saturated rings. The number of rotatable bonds is 5. The number of nitrogens with zero attached hydrogens (tertiary/aromatic N) is 1. The van der Waals surface area contributed by atoms with E-state index in [-0.39, 0.29) is 0 Å². The van der Waals surface area contributed by atoms with Gasteiger partial charge in [0.1, 0.15) is 0 Å². The zero-order valence-electron chi connectivity index (χ0n) is 11.1. The number of benzene rings is 1. The van der Waals surface area contributed by atoms with E-state index in [1.54, 1.807) is 0 Å². The third-order valence-electron chi connectivity index (χ3n) is 3.75. The standard InChI is InChI=1S/C15H24N2/c1-3-4-5-8-17-11-13-7-6-12(2)9-14(13)15(17)10-16/h6-7,9,15H,3-5,8,10-11,16H2,1-2H3. The maximum atomic E-state index is 5.95. The third-order valence-corrected chi connectivity index (χ3v) is 3.75. The second-order valence-corrected chi connectivity index (χ2v) is 5.13. The van der Waals surface area contributed by atoms with Gasteiger partial charge in [0.25, 0.3) is 0 Å². The molecule has 1 aliphatic heterocycles. The van der Waals surface area contributed by atoms with Crippen LogP contribution in [-0.4, -0.2) is 18.0 Å². The molecule has 2 rings (SSSR count). The fraction of sp³-hybridized carbons (Fsp3) is 0.600. The van der Waals surface area contributed by atoms with Crippen LogP contribution in [0.3, 0.4) is 0 Å². The Hall–Kier alpha value is -0.860. The number of unbranched alkanes of at least 4 members (excludes halogenated alkanes) is 2. The summed E-state index contributed by atoms with van der Waals surface area (Å²) >= 11 is 0. The van der Waals surface area contributed by atoms with Crippen LogP contribution in [0.15, 0.2) is 18.2 Å². The van der Waals surface area contributed by atoms with E-state index in [0.29, 0.717) is 6.04 Å². The van der Waals surface area contributed by atoms with E-state index < -0.39 is 0 Å². The molecule has 2 heteroatoms. The molecule has 0 amide bonds. The molecule has 1 heterocycles. The summed E-state index contributed by atoms with van der Waals surface area (Å²) in [5.41, 5.74) is 10.2. The summed E-state index contributed by atoms with van der Waals surface area (Å²) < 4.78 is 0. The number of fused-ring (bicyclic) bond motifs is 1. The van der Waals surface area contributed by atoms with Crippen LogP contribution in [0.4, 0.5) is 0 Å². The number of hydrogen-bond acceptors (Lipinski definition) is 2. The molecule has 0 radical (unpaired) electrons. The minimum absolute atomic E-state index is 0.446. The van der Waals surface area contributed by atoms with Gasteiger partial charge in [0.05, 0.1) is 0 Å². The quantitative estimate of drug-likeness (QED) is 0.791. The van der Waals surface area contributed by atoms with Gasteiger partial charge in [0.2, 0.25) is 0 Å². The first-order valence-electron chi connectivity index (χ1n) is 6.79. The Bertz CT molecular complexity index is 373. The minimum Gasteiger partial charge on any atom is -0.329 e. The van der Waals surface area contributed by atoms with E-state index in [1.807, 2.05) is 0 Å². The molecule has 1 unspecified atom stereocenters. The lowest BCUT2D eigenvalue weighted by atomic mass is 10.0. The van der Waals surface area contributed by atoms with Gasteiger partial charge in [-0.3, -0.25) is 4.90 Å². The normalized spacial score (nSPS) is 19.6. The molecule has 94 valence electrons. The summed E-state index contributed by atoms with van der Waals surface area (Å²) in [4.78, 5) is 2.54. The molecule has 0 aliphatic carbocycles. The third kappa shape index (κ3) is 2.70. The first-order valence-corrected chi connectivity index (χ1v) is 6.79. The molecule has 1 aromatic rings. The summed E-state index contributed by atoms with van der Waals surface area (Å²) in [5.74, 6) is 0. The van der Waals surface area contributed by atoms with Crippen LogP contribution in [0.1, 0.15) is 48.9 Å². The van der Waals surface area contributed by atoms with Crippen LogP contribution in [-0.2, 0) is 6.54 Å². The molecule has 17 heavy (non-hydrogen) atoms. The average Bonchev–Trinajstić information content (AvgIpc) is 2.66. The predicted molar refractivity (Wildman–Crippen MR) is 72.9 cm³/mol. The van der Waals surface area contributed by atoms with Gasteiger partial charge in [0.15, 0.2) is 0 Å². The highest BCUT2D eigenvalue weighted by Gasteiger charge is 2.28. The van der Waals surface area contributed by atoms with Crippen molar-refractivity contribution in [2.75, 3.05) is 13.1 Å². The van der Waals surface area contributed by atoms with Crippen molar-refractivity contribution in [3.63, 3.8) is 0 Å². The van der Waals surface area contributed by atoms with Crippen molar-refractivity contribution < 1.29 is 0 Å². The summed E-state index contributed by atoms with van der Waals surface area (Å²) in [6.45, 7) is 7.42. The largest absolute Gasteiger partial charge is 0.329 e. The van der Waals surface area contributed by atoms with Crippen LogP contribution >= 0.6 is 0 Å². The van der Waals surface area contributed by atoms with Crippen molar-refractivity contribution in [2.24, 2.45) is 5.73 Å². The van der Waals surface area contributed by atoms with Gasteiger partial charge in [-0.25, -0.2) is 0 Å². The van der Waals surface area contributed by atoms with Crippen LogP contribution in [0, 0.1) is 6.92 Å². The van der Waals surface area contributed by atoms with E-state index in [0.717, 1.165) is 13.1 Å². The van der Waals surface area contributed by atoms with Crippen LogP contribution < -0.4 is 5.73 Å². The molecule has 0 spiro atoms. The Kier molecular flexibility index (Phi) is 4.19. The van der Waals surface area contributed by atoms with Crippen molar-refractivity contribution in [1.82, 2.24) is 4.90 Å². The number of aryl methyl sites for hydroxylation is 1. The molecule has 0 saturated heterocycles. The Morgan fingerprint density at radius 1 is 1.35 bits per heavy atom. The molecule has 1 atom stereocenters. The van der Waals surface area contributed by atoms with Gasteiger partial charge < -0.3 is 5.73 Å². The van der Waals surface area contributed by atoms with Crippen molar-refractivity contribution >= 4 is 0 Å². The predicted octanol–water partition coefficient (Wildman–Crippen LogP) is 3.00. The summed E-state index contributed by atoms with van der Waals surface area (Å²) in [6.07, 6.45) is 3.90. The van der Waals surface area contributed by atoms with Crippen molar-refractivity contribution in [2.45, 2.75) is 45.7 Å². The Balaban J connectivity index is 2.08. The molecular formula is C15H24N2. The Labute approximate surface area is 105 Å². The van der Waals surface area contributed by atoms with E-state index in [4.69, 9.17) is 5.73 Å². The van der Waals surface area contributed by atoms with Crippen LogP contribution in [0.25, 0.3) is 0 Å². The zero-order valence-corrected chi connectivity index (χ0v) is 11.1. The highest BCUT2D eigenvalue weighted by molar-refractivity contribution is 5.37. The molecule has 2 nitrogen and oxygen atoms in total. The first-order chi connectivity index (χ1) is 8.26. The first kappa shape index (κ1) is 12.6. The highest BCUT2D eigenvalue weighted by atomic mass is 15.2. The maximum absolute atomic E-state index is 5.95. The lowest BCUT2D eigenvalue weighted by Gasteiger charge is -2.23. The topological polar surface area (TPSA) is 29.3 Å². The van der Waals surface area contributed by atoms with Gasteiger partial charge in [0, 0.05) is 19.1 Å².